The number of fused-ring (bicyclic) bond motifs is 1. The van der Waals surface area contributed by atoms with Crippen molar-refractivity contribution in [2.75, 3.05) is 13.6 Å². The van der Waals surface area contributed by atoms with Gasteiger partial charge in [0, 0.05) is 32.0 Å². The van der Waals surface area contributed by atoms with Crippen LogP contribution in [0.5, 0.6) is 5.75 Å². The zero-order chi connectivity index (χ0) is 14.3. The largest absolute Gasteiger partial charge is 0.477 e. The van der Waals surface area contributed by atoms with Gasteiger partial charge in [-0.3, -0.25) is 14.8 Å². The fraction of sp³-hybridized carbons (Fsp3) is 0.429. The molecule has 1 saturated heterocycles. The van der Waals surface area contributed by atoms with Crippen LogP contribution >= 0.6 is 0 Å². The Morgan fingerprint density at radius 1 is 1.45 bits per heavy atom. The lowest BCUT2D eigenvalue weighted by Gasteiger charge is -2.33. The normalized spacial score (nSPS) is 24.5. The van der Waals surface area contributed by atoms with E-state index in [4.69, 9.17) is 9.94 Å². The molecule has 0 radical (unpaired) electrons. The molecule has 2 heterocycles. The molecule has 2 amide bonds. The van der Waals surface area contributed by atoms with Crippen molar-refractivity contribution in [1.82, 2.24) is 10.4 Å². The Balaban J connectivity index is 1.90. The summed E-state index contributed by atoms with van der Waals surface area (Å²) in [5.74, 6) is 0.125. The van der Waals surface area contributed by atoms with E-state index in [1.54, 1.807) is 35.6 Å². The lowest BCUT2D eigenvalue weighted by atomic mass is 9.89. The molecule has 1 atom stereocenters. The van der Waals surface area contributed by atoms with Gasteiger partial charge in [0.25, 0.3) is 11.8 Å². The molecule has 1 fully saturated rings. The van der Waals surface area contributed by atoms with Crippen LogP contribution in [0, 0.1) is 0 Å². The second kappa shape index (κ2) is 4.49. The van der Waals surface area contributed by atoms with Crippen LogP contribution in [-0.4, -0.2) is 41.1 Å². The molecule has 0 aromatic heterocycles. The number of aryl methyl sites for hydroxylation is 1. The number of rotatable bonds is 1. The number of nitrogens with one attached hydrogen (secondary N) is 1. The Hall–Kier alpha value is -2.08. The van der Waals surface area contributed by atoms with E-state index in [1.807, 2.05) is 0 Å². The molecule has 1 aromatic rings. The van der Waals surface area contributed by atoms with Gasteiger partial charge in [-0.25, -0.2) is 5.48 Å². The van der Waals surface area contributed by atoms with Crippen LogP contribution in [-0.2, 0) is 11.2 Å². The highest BCUT2D eigenvalue weighted by Crippen LogP contribution is 2.39. The molecule has 1 aromatic carbocycles. The molecular weight excluding hydrogens is 260 g/mol. The van der Waals surface area contributed by atoms with Crippen molar-refractivity contribution in [2.24, 2.45) is 0 Å². The Morgan fingerprint density at radius 3 is 2.90 bits per heavy atom. The van der Waals surface area contributed by atoms with Crippen molar-refractivity contribution in [3.63, 3.8) is 0 Å². The molecule has 6 heteroatoms. The predicted octanol–water partition coefficient (Wildman–Crippen LogP) is 0.731. The van der Waals surface area contributed by atoms with Crippen LogP contribution < -0.4 is 10.2 Å². The van der Waals surface area contributed by atoms with Gasteiger partial charge >= 0.3 is 0 Å². The second-order valence-corrected chi connectivity index (χ2v) is 5.34. The number of hydrogen-bond donors (Lipinski definition) is 2. The Bertz CT molecular complexity index is 587. The van der Waals surface area contributed by atoms with E-state index < -0.39 is 11.5 Å². The molecule has 106 valence electrons. The van der Waals surface area contributed by atoms with Gasteiger partial charge in [0.05, 0.1) is 0 Å². The molecule has 1 unspecified atom stereocenters. The average molecular weight is 276 g/mol. The molecular formula is C14H16N2O4. The van der Waals surface area contributed by atoms with Crippen molar-refractivity contribution in [3.8, 4) is 5.75 Å². The summed E-state index contributed by atoms with van der Waals surface area (Å²) in [4.78, 5) is 25.3. The molecule has 0 bridgehead atoms. The summed E-state index contributed by atoms with van der Waals surface area (Å²) < 4.78 is 5.95. The fourth-order valence-corrected chi connectivity index (χ4v) is 2.91. The van der Waals surface area contributed by atoms with Crippen molar-refractivity contribution >= 4 is 11.8 Å². The molecule has 0 aliphatic carbocycles. The third-order valence-electron chi connectivity index (χ3n) is 4.12. The maximum absolute atomic E-state index is 12.2. The van der Waals surface area contributed by atoms with Gasteiger partial charge < -0.3 is 9.64 Å². The van der Waals surface area contributed by atoms with Gasteiger partial charge in [-0.15, -0.1) is 0 Å². The predicted molar refractivity (Wildman–Crippen MR) is 69.6 cm³/mol. The monoisotopic (exact) mass is 276 g/mol. The van der Waals surface area contributed by atoms with Crippen LogP contribution in [0.2, 0.25) is 0 Å². The molecule has 20 heavy (non-hydrogen) atoms. The summed E-state index contributed by atoms with van der Waals surface area (Å²) in [6, 6.07) is 4.95. The Kier molecular flexibility index (Phi) is 2.90. The number of hydroxylamine groups is 1. The number of carbonyl (C=O) groups is 2. The van der Waals surface area contributed by atoms with Gasteiger partial charge in [0.2, 0.25) is 0 Å². The summed E-state index contributed by atoms with van der Waals surface area (Å²) in [5, 5.41) is 8.64. The summed E-state index contributed by atoms with van der Waals surface area (Å²) in [5.41, 5.74) is 2.14. The van der Waals surface area contributed by atoms with E-state index in [0.717, 1.165) is 5.56 Å². The quantitative estimate of drug-likeness (QED) is 0.585. The molecule has 2 N–H and O–H groups in total. The van der Waals surface area contributed by atoms with Crippen LogP contribution in [0.4, 0.5) is 0 Å². The molecule has 1 spiro atoms. The first-order valence-electron chi connectivity index (χ1n) is 6.58. The van der Waals surface area contributed by atoms with Crippen LogP contribution in [0.3, 0.4) is 0 Å². The van der Waals surface area contributed by atoms with E-state index >= 15 is 0 Å². The standard InChI is InChI=1S/C14H16N2O4/c1-16-7-6-14(13(16)18)5-4-9-8-10(12(17)15-19)2-3-11(9)20-14/h2-3,8,19H,4-7H2,1H3,(H,15,17). The van der Waals surface area contributed by atoms with Gasteiger partial charge in [-0.1, -0.05) is 0 Å². The molecule has 2 aliphatic heterocycles. The number of carbonyl (C=O) groups excluding carboxylic acids is 2. The number of hydrogen-bond acceptors (Lipinski definition) is 4. The minimum absolute atomic E-state index is 0.0281. The van der Waals surface area contributed by atoms with E-state index in [1.165, 1.54) is 0 Å². The third-order valence-corrected chi connectivity index (χ3v) is 4.12. The molecule has 0 saturated carbocycles. The highest BCUT2D eigenvalue weighted by molar-refractivity contribution is 5.94. The minimum atomic E-state index is -0.734. The zero-order valence-corrected chi connectivity index (χ0v) is 11.2. The number of nitrogens with zero attached hydrogens (tertiary/aromatic N) is 1. The van der Waals surface area contributed by atoms with E-state index in [2.05, 4.69) is 0 Å². The summed E-state index contributed by atoms with van der Waals surface area (Å²) >= 11 is 0. The SMILES string of the molecule is CN1CCC2(CCc3cc(C(=O)NO)ccc3O2)C1=O. The summed E-state index contributed by atoms with van der Waals surface area (Å²) in [6.45, 7) is 0.708. The number of likely N-dealkylation sites (tertiary alicyclic amines) is 1. The zero-order valence-electron chi connectivity index (χ0n) is 11.2. The number of amides is 2. The molecule has 6 nitrogen and oxygen atoms in total. The van der Waals surface area contributed by atoms with Gasteiger partial charge in [0.1, 0.15) is 5.75 Å². The average Bonchev–Trinajstić information content (AvgIpc) is 2.75. The topological polar surface area (TPSA) is 78.9 Å². The highest BCUT2D eigenvalue weighted by atomic mass is 16.5. The van der Waals surface area contributed by atoms with Gasteiger partial charge in [-0.05, 0) is 30.2 Å². The second-order valence-electron chi connectivity index (χ2n) is 5.34. The third kappa shape index (κ3) is 1.84. The first-order chi connectivity index (χ1) is 9.55. The lowest BCUT2D eigenvalue weighted by molar-refractivity contribution is -0.141. The van der Waals surface area contributed by atoms with Crippen LogP contribution in [0.1, 0.15) is 28.8 Å². The number of benzene rings is 1. The number of likely N-dealkylation sites (N-methyl/N-ethyl adjacent to an activating group) is 1. The minimum Gasteiger partial charge on any atom is -0.477 e. The van der Waals surface area contributed by atoms with Crippen molar-refractivity contribution < 1.29 is 19.5 Å². The van der Waals surface area contributed by atoms with Crippen LogP contribution in [0.15, 0.2) is 18.2 Å². The smallest absolute Gasteiger partial charge is 0.274 e. The summed E-state index contributed by atoms with van der Waals surface area (Å²) in [7, 11) is 1.78. The summed E-state index contributed by atoms with van der Waals surface area (Å²) in [6.07, 6.45) is 2.00. The first kappa shape index (κ1) is 12.9. The number of ether oxygens (including phenoxy) is 1. The highest BCUT2D eigenvalue weighted by Gasteiger charge is 2.49. The Morgan fingerprint density at radius 2 is 2.25 bits per heavy atom. The van der Waals surface area contributed by atoms with Gasteiger partial charge in [0.15, 0.2) is 5.60 Å². The van der Waals surface area contributed by atoms with Gasteiger partial charge in [-0.2, -0.15) is 0 Å². The first-order valence-corrected chi connectivity index (χ1v) is 6.58. The van der Waals surface area contributed by atoms with E-state index in [0.29, 0.717) is 37.1 Å². The molecule has 3 rings (SSSR count). The maximum atomic E-state index is 12.2. The molecule has 2 aliphatic rings. The van der Waals surface area contributed by atoms with Crippen molar-refractivity contribution in [3.05, 3.63) is 29.3 Å². The Labute approximate surface area is 116 Å². The van der Waals surface area contributed by atoms with E-state index in [9.17, 15) is 9.59 Å². The van der Waals surface area contributed by atoms with E-state index in [-0.39, 0.29) is 5.91 Å². The van der Waals surface area contributed by atoms with Crippen LogP contribution in [0.25, 0.3) is 0 Å². The maximum Gasteiger partial charge on any atom is 0.274 e. The van der Waals surface area contributed by atoms with Crippen molar-refractivity contribution in [2.45, 2.75) is 24.9 Å². The fourth-order valence-electron chi connectivity index (χ4n) is 2.91. The van der Waals surface area contributed by atoms with Crippen molar-refractivity contribution in [1.29, 1.82) is 0 Å². The lowest BCUT2D eigenvalue weighted by Crippen LogP contribution is -2.46.